The van der Waals surface area contributed by atoms with E-state index >= 15 is 0 Å². The van der Waals surface area contributed by atoms with Crippen molar-refractivity contribution < 1.29 is 0 Å². The van der Waals surface area contributed by atoms with Crippen LogP contribution < -0.4 is 0 Å². The highest BCUT2D eigenvalue weighted by molar-refractivity contribution is 9.09. The molecule has 0 aromatic heterocycles. The Morgan fingerprint density at radius 1 is 1.50 bits per heavy atom. The lowest BCUT2D eigenvalue weighted by Crippen LogP contribution is -2.11. The maximum Gasteiger partial charge on any atom is 0.00974 e. The van der Waals surface area contributed by atoms with Crippen LogP contribution in [0.5, 0.6) is 0 Å². The Balaban J connectivity index is 2.64. The molecule has 0 spiro atoms. The molecule has 0 N–H and O–H groups in total. The van der Waals surface area contributed by atoms with Crippen molar-refractivity contribution in [1.82, 2.24) is 0 Å². The third-order valence-electron chi connectivity index (χ3n) is 2.25. The second kappa shape index (κ2) is 3.78. The van der Waals surface area contributed by atoms with E-state index in [0.29, 0.717) is 11.3 Å². The third kappa shape index (κ3) is 2.48. The lowest BCUT2D eigenvalue weighted by atomic mass is 9.82. The highest BCUT2D eigenvalue weighted by Gasteiger charge is 2.17. The molecule has 1 heteroatoms. The average molecular weight is 229 g/mol. The predicted octanol–water partition coefficient (Wildman–Crippen LogP) is 3.93. The predicted molar refractivity (Wildman–Crippen MR) is 58.6 cm³/mol. The SMILES string of the molecule is CC(C)(C)C1=CCC(CBr)C=C1. The molecule has 1 aliphatic rings. The van der Waals surface area contributed by atoms with Crippen LogP contribution >= 0.6 is 15.9 Å². The summed E-state index contributed by atoms with van der Waals surface area (Å²) in [6.07, 6.45) is 8.14. The fourth-order valence-electron chi connectivity index (χ4n) is 1.34. The fraction of sp³-hybridized carbons (Fsp3) is 0.636. The van der Waals surface area contributed by atoms with Gasteiger partial charge < -0.3 is 0 Å². The van der Waals surface area contributed by atoms with Gasteiger partial charge in [0.15, 0.2) is 0 Å². The summed E-state index contributed by atoms with van der Waals surface area (Å²) in [6, 6.07) is 0. The van der Waals surface area contributed by atoms with Crippen LogP contribution in [-0.4, -0.2) is 5.33 Å². The first-order valence-electron chi connectivity index (χ1n) is 4.49. The van der Waals surface area contributed by atoms with Gasteiger partial charge in [0.1, 0.15) is 0 Å². The lowest BCUT2D eigenvalue weighted by molar-refractivity contribution is 0.508. The van der Waals surface area contributed by atoms with Crippen molar-refractivity contribution in [2.75, 3.05) is 5.33 Å². The van der Waals surface area contributed by atoms with Crippen molar-refractivity contribution in [3.05, 3.63) is 23.8 Å². The van der Waals surface area contributed by atoms with Gasteiger partial charge in [-0.3, -0.25) is 0 Å². The van der Waals surface area contributed by atoms with E-state index in [9.17, 15) is 0 Å². The van der Waals surface area contributed by atoms with Crippen molar-refractivity contribution in [2.45, 2.75) is 27.2 Å². The number of allylic oxidation sites excluding steroid dienone is 4. The van der Waals surface area contributed by atoms with Gasteiger partial charge in [-0.25, -0.2) is 0 Å². The smallest absolute Gasteiger partial charge is 0.00974 e. The summed E-state index contributed by atoms with van der Waals surface area (Å²) in [7, 11) is 0. The summed E-state index contributed by atoms with van der Waals surface area (Å²) in [4.78, 5) is 0. The van der Waals surface area contributed by atoms with Crippen LogP contribution in [0.1, 0.15) is 27.2 Å². The van der Waals surface area contributed by atoms with Crippen LogP contribution in [0.4, 0.5) is 0 Å². The van der Waals surface area contributed by atoms with Gasteiger partial charge >= 0.3 is 0 Å². The van der Waals surface area contributed by atoms with Gasteiger partial charge in [0.2, 0.25) is 0 Å². The van der Waals surface area contributed by atoms with Crippen molar-refractivity contribution in [2.24, 2.45) is 11.3 Å². The zero-order valence-electron chi connectivity index (χ0n) is 8.10. The maximum absolute atomic E-state index is 3.50. The van der Waals surface area contributed by atoms with E-state index in [1.807, 2.05) is 0 Å². The summed E-state index contributed by atoms with van der Waals surface area (Å²) in [6.45, 7) is 6.78. The standard InChI is InChI=1S/C11H17Br/c1-11(2,3)10-6-4-9(8-12)5-7-10/h4,6-7,9H,5,8H2,1-3H3. The largest absolute Gasteiger partial charge is 0.0922 e. The molecule has 0 heterocycles. The Morgan fingerprint density at radius 2 is 2.17 bits per heavy atom. The molecule has 1 aliphatic carbocycles. The maximum atomic E-state index is 3.50. The lowest BCUT2D eigenvalue weighted by Gasteiger charge is -2.24. The van der Waals surface area contributed by atoms with E-state index in [2.05, 4.69) is 54.9 Å². The third-order valence-corrected chi connectivity index (χ3v) is 3.08. The summed E-state index contributed by atoms with van der Waals surface area (Å²) < 4.78 is 0. The number of hydrogen-bond donors (Lipinski definition) is 0. The highest BCUT2D eigenvalue weighted by atomic mass is 79.9. The Morgan fingerprint density at radius 3 is 2.50 bits per heavy atom. The van der Waals surface area contributed by atoms with Crippen LogP contribution in [0.3, 0.4) is 0 Å². The monoisotopic (exact) mass is 228 g/mol. The molecule has 0 aliphatic heterocycles. The van der Waals surface area contributed by atoms with E-state index in [-0.39, 0.29) is 0 Å². The molecule has 0 fully saturated rings. The Bertz CT molecular complexity index is 206. The van der Waals surface area contributed by atoms with E-state index in [0.717, 1.165) is 5.33 Å². The van der Waals surface area contributed by atoms with Gasteiger partial charge in [0.25, 0.3) is 0 Å². The molecular formula is C11H17Br. The summed E-state index contributed by atoms with van der Waals surface area (Å²) >= 11 is 3.50. The molecule has 0 aromatic rings. The zero-order valence-corrected chi connectivity index (χ0v) is 9.69. The van der Waals surface area contributed by atoms with E-state index < -0.39 is 0 Å². The molecule has 0 radical (unpaired) electrons. The van der Waals surface area contributed by atoms with Gasteiger partial charge in [0.05, 0.1) is 0 Å². The van der Waals surface area contributed by atoms with Gasteiger partial charge in [-0.15, -0.1) is 0 Å². The Kier molecular flexibility index (Phi) is 3.16. The Labute approximate surface area is 83.9 Å². The molecule has 0 amide bonds. The first kappa shape index (κ1) is 10.0. The molecule has 12 heavy (non-hydrogen) atoms. The van der Waals surface area contributed by atoms with E-state index in [1.165, 1.54) is 12.0 Å². The first-order chi connectivity index (χ1) is 5.54. The van der Waals surface area contributed by atoms with Crippen molar-refractivity contribution in [3.63, 3.8) is 0 Å². The second-order valence-electron chi connectivity index (χ2n) is 4.42. The van der Waals surface area contributed by atoms with Crippen molar-refractivity contribution >= 4 is 15.9 Å². The Hall–Kier alpha value is -0.0400. The minimum Gasteiger partial charge on any atom is -0.0922 e. The highest BCUT2D eigenvalue weighted by Crippen LogP contribution is 2.30. The normalized spacial score (nSPS) is 24.0. The number of alkyl halides is 1. The number of halogens is 1. The van der Waals surface area contributed by atoms with E-state index in [1.54, 1.807) is 0 Å². The molecule has 0 saturated heterocycles. The van der Waals surface area contributed by atoms with Crippen LogP contribution in [-0.2, 0) is 0 Å². The van der Waals surface area contributed by atoms with Crippen LogP contribution in [0.2, 0.25) is 0 Å². The summed E-state index contributed by atoms with van der Waals surface area (Å²) in [5.41, 5.74) is 1.79. The van der Waals surface area contributed by atoms with Crippen molar-refractivity contribution in [1.29, 1.82) is 0 Å². The molecule has 0 aromatic carbocycles. The van der Waals surface area contributed by atoms with Gasteiger partial charge in [-0.05, 0) is 23.3 Å². The molecule has 1 atom stereocenters. The topological polar surface area (TPSA) is 0 Å². The second-order valence-corrected chi connectivity index (χ2v) is 5.07. The minimum atomic E-state index is 0.313. The molecule has 0 nitrogen and oxygen atoms in total. The number of rotatable bonds is 1. The minimum absolute atomic E-state index is 0.313. The molecular weight excluding hydrogens is 212 g/mol. The summed E-state index contributed by atoms with van der Waals surface area (Å²) in [5.74, 6) is 0.705. The quantitative estimate of drug-likeness (QED) is 0.597. The number of hydrogen-bond acceptors (Lipinski definition) is 0. The molecule has 1 rings (SSSR count). The van der Waals surface area contributed by atoms with Gasteiger partial charge in [-0.2, -0.15) is 0 Å². The van der Waals surface area contributed by atoms with Crippen LogP contribution in [0.15, 0.2) is 23.8 Å². The summed E-state index contributed by atoms with van der Waals surface area (Å²) in [5, 5.41) is 1.08. The molecule has 0 saturated carbocycles. The van der Waals surface area contributed by atoms with Gasteiger partial charge in [0, 0.05) is 5.33 Å². The molecule has 1 unspecified atom stereocenters. The fourth-order valence-corrected chi connectivity index (χ4v) is 1.82. The zero-order chi connectivity index (χ0) is 9.19. The first-order valence-corrected chi connectivity index (χ1v) is 5.61. The van der Waals surface area contributed by atoms with E-state index in [4.69, 9.17) is 0 Å². The molecule has 68 valence electrons. The van der Waals surface area contributed by atoms with Crippen LogP contribution in [0.25, 0.3) is 0 Å². The van der Waals surface area contributed by atoms with Gasteiger partial charge in [-0.1, -0.05) is 54.9 Å². The molecule has 0 bridgehead atoms. The van der Waals surface area contributed by atoms with Crippen LogP contribution in [0, 0.1) is 11.3 Å². The van der Waals surface area contributed by atoms with Crippen molar-refractivity contribution in [3.8, 4) is 0 Å². The average Bonchev–Trinajstić information content (AvgIpc) is 2.03.